The number of ether oxygens (including phenoxy) is 2. The molecule has 0 aliphatic carbocycles. The third-order valence-corrected chi connectivity index (χ3v) is 4.95. The first-order chi connectivity index (χ1) is 14.8. The molecular weight excluding hydrogens is 495 g/mol. The Morgan fingerprint density at radius 3 is 1.88 bits per heavy atom. The van der Waals surface area contributed by atoms with Gasteiger partial charge in [-0.3, -0.25) is 4.79 Å². The van der Waals surface area contributed by atoms with Crippen LogP contribution in [0.4, 0.5) is 30.7 Å². The maximum atomic E-state index is 13.9. The first-order valence-corrected chi connectivity index (χ1v) is 10.8. The first-order valence-electron chi connectivity index (χ1n) is 9.41. The zero-order valence-corrected chi connectivity index (χ0v) is 18.4. The van der Waals surface area contributed by atoms with Gasteiger partial charge in [-0.15, -0.1) is 0 Å². The number of rotatable bonds is 14. The van der Waals surface area contributed by atoms with Gasteiger partial charge in [0.15, 0.2) is 10.1 Å². The van der Waals surface area contributed by atoms with Crippen LogP contribution in [0.25, 0.3) is 0 Å². The van der Waals surface area contributed by atoms with Crippen molar-refractivity contribution in [2.75, 3.05) is 19.7 Å². The van der Waals surface area contributed by atoms with Gasteiger partial charge in [0.25, 0.3) is 0 Å². The van der Waals surface area contributed by atoms with Crippen molar-refractivity contribution >= 4 is 22.0 Å². The van der Waals surface area contributed by atoms with Crippen LogP contribution in [-0.2, 0) is 29.2 Å². The summed E-state index contributed by atoms with van der Waals surface area (Å²) >= 11 is 0. The molecule has 0 aromatic rings. The van der Waals surface area contributed by atoms with E-state index < -0.39 is 64.6 Å². The highest BCUT2D eigenvalue weighted by molar-refractivity contribution is 7.86. The average molecular weight is 518 g/mol. The molecule has 0 aromatic heterocycles. The molecule has 8 nitrogen and oxygen atoms in total. The second kappa shape index (κ2) is 11.5. The highest BCUT2D eigenvalue weighted by Crippen LogP contribution is 2.42. The summed E-state index contributed by atoms with van der Waals surface area (Å²) in [5.41, 5.74) is 0. The molecule has 0 saturated carbocycles. The molecule has 0 radical (unpaired) electrons. The van der Waals surface area contributed by atoms with Gasteiger partial charge in [0.2, 0.25) is 0 Å². The number of hydrogen-bond donors (Lipinski definition) is 0. The van der Waals surface area contributed by atoms with Gasteiger partial charge < -0.3 is 18.9 Å². The molecule has 0 aromatic carbocycles. The second-order valence-electron chi connectivity index (χ2n) is 6.66. The number of nitrogens with zero attached hydrogens (tertiary/aromatic N) is 1. The molecule has 0 spiro atoms. The Kier molecular flexibility index (Phi) is 10.8. The molecule has 0 aliphatic heterocycles. The summed E-state index contributed by atoms with van der Waals surface area (Å²) in [5, 5.41) is -6.05. The van der Waals surface area contributed by atoms with Gasteiger partial charge in [0, 0.05) is 25.6 Å². The molecule has 0 bridgehead atoms. The fourth-order valence-electron chi connectivity index (χ4n) is 2.48. The highest BCUT2D eigenvalue weighted by Gasteiger charge is 2.67. The second-order valence-corrected chi connectivity index (χ2v) is 8.08. The number of alkyl halides is 7. The summed E-state index contributed by atoms with van der Waals surface area (Å²) in [4.78, 5) is 24.9. The molecule has 33 heavy (non-hydrogen) atoms. The predicted molar refractivity (Wildman–Crippen MR) is 97.0 cm³/mol. The fourth-order valence-corrected chi connectivity index (χ4v) is 2.95. The van der Waals surface area contributed by atoms with E-state index in [1.54, 1.807) is 0 Å². The lowest BCUT2D eigenvalue weighted by Crippen LogP contribution is -2.62. The lowest BCUT2D eigenvalue weighted by molar-refractivity contribution is -0.350. The average Bonchev–Trinajstić information content (AvgIpc) is 2.67. The lowest BCUT2D eigenvalue weighted by atomic mass is 10.1. The maximum absolute atomic E-state index is 13.9. The minimum atomic E-state index is -6.80. The van der Waals surface area contributed by atoms with E-state index in [0.29, 0.717) is 4.90 Å². The Hall–Kier alpha value is -1.94. The van der Waals surface area contributed by atoms with Crippen LogP contribution >= 0.6 is 0 Å². The summed E-state index contributed by atoms with van der Waals surface area (Å²) in [5.74, 6) is -13.4. The van der Waals surface area contributed by atoms with Crippen molar-refractivity contribution in [1.29, 1.82) is 0 Å². The van der Waals surface area contributed by atoms with Gasteiger partial charge >= 0.3 is 35.0 Å². The third kappa shape index (κ3) is 7.27. The minimum absolute atomic E-state index is 0.181. The van der Waals surface area contributed by atoms with Gasteiger partial charge in [-0.05, 0) is 19.3 Å². The fraction of sp³-hybridized carbons (Fsp3) is 0.765. The SMILES string of the molecule is C=CC(=O)OC(OCCCC(F)(F)C(F)(F)S(=O)(=O)[O-])(C(=O)N(CCC)CCC)C(F)(F)F. The molecule has 0 fully saturated rings. The smallest absolute Gasteiger partial charge is 0.466 e. The molecule has 0 saturated heterocycles. The van der Waals surface area contributed by atoms with E-state index in [9.17, 15) is 53.3 Å². The van der Waals surface area contributed by atoms with Crippen LogP contribution in [0, 0.1) is 0 Å². The summed E-state index contributed by atoms with van der Waals surface area (Å²) in [6.45, 7) is 3.97. The van der Waals surface area contributed by atoms with Crippen molar-refractivity contribution in [3.8, 4) is 0 Å². The van der Waals surface area contributed by atoms with Gasteiger partial charge in [0.1, 0.15) is 0 Å². The Labute approximate surface area is 185 Å². The largest absolute Gasteiger partial charge is 0.743 e. The molecule has 16 heteroatoms. The van der Waals surface area contributed by atoms with E-state index in [0.717, 1.165) is 0 Å². The number of hydrogen-bond acceptors (Lipinski definition) is 7. The number of carbonyl (C=O) groups is 2. The van der Waals surface area contributed by atoms with Crippen molar-refractivity contribution < 1.29 is 62.8 Å². The molecule has 1 atom stereocenters. The molecule has 0 aliphatic rings. The zero-order chi connectivity index (χ0) is 26.3. The van der Waals surface area contributed by atoms with Gasteiger partial charge in [-0.25, -0.2) is 13.2 Å². The van der Waals surface area contributed by atoms with E-state index in [2.05, 4.69) is 16.1 Å². The summed E-state index contributed by atoms with van der Waals surface area (Å²) in [7, 11) is -6.80. The Bertz CT molecular complexity index is 796. The standard InChI is InChI=1S/C17H24F7NO7S/c1-4-9-25(10-5-2)13(27)15(16(20,21)22,32-12(26)6-3)31-11-7-8-14(18,19)17(23,24)33(28,29)30/h6H,3-5,7-11H2,1-2H3,(H,28,29,30)/p-1. The predicted octanol–water partition coefficient (Wildman–Crippen LogP) is 3.19. The summed E-state index contributed by atoms with van der Waals surface area (Å²) in [6.07, 6.45) is -8.59. The molecule has 194 valence electrons. The van der Waals surface area contributed by atoms with Gasteiger partial charge in [-0.1, -0.05) is 20.4 Å². The van der Waals surface area contributed by atoms with E-state index in [-0.39, 0.29) is 32.0 Å². The van der Waals surface area contributed by atoms with Gasteiger partial charge in [0.05, 0.1) is 6.61 Å². The van der Waals surface area contributed by atoms with E-state index in [1.807, 2.05) is 0 Å². The van der Waals surface area contributed by atoms with Crippen LogP contribution in [-0.4, -0.2) is 72.6 Å². The summed E-state index contributed by atoms with van der Waals surface area (Å²) < 4.78 is 135. The molecule has 1 amide bonds. The van der Waals surface area contributed by atoms with E-state index in [1.165, 1.54) is 13.8 Å². The van der Waals surface area contributed by atoms with Crippen LogP contribution in [0.2, 0.25) is 0 Å². The number of halogens is 7. The van der Waals surface area contributed by atoms with Crippen molar-refractivity contribution in [3.05, 3.63) is 12.7 Å². The summed E-state index contributed by atoms with van der Waals surface area (Å²) in [6, 6.07) is 0. The molecule has 1 unspecified atom stereocenters. The van der Waals surface area contributed by atoms with Crippen LogP contribution < -0.4 is 0 Å². The molecule has 0 heterocycles. The normalized spacial score (nSPS) is 15.0. The zero-order valence-electron chi connectivity index (χ0n) is 17.6. The Morgan fingerprint density at radius 1 is 1.03 bits per heavy atom. The minimum Gasteiger partial charge on any atom is -0.743 e. The lowest BCUT2D eigenvalue weighted by Gasteiger charge is -2.37. The third-order valence-electron chi connectivity index (χ3n) is 4.02. The van der Waals surface area contributed by atoms with Crippen molar-refractivity contribution in [1.82, 2.24) is 4.90 Å². The molecule has 0 N–H and O–H groups in total. The molecule has 0 rings (SSSR count). The topological polar surface area (TPSA) is 113 Å². The number of amides is 1. The maximum Gasteiger partial charge on any atom is 0.466 e. The van der Waals surface area contributed by atoms with E-state index in [4.69, 9.17) is 0 Å². The molecular formula is C17H23F7NO7S-. The van der Waals surface area contributed by atoms with Crippen molar-refractivity contribution in [3.63, 3.8) is 0 Å². The van der Waals surface area contributed by atoms with Crippen LogP contribution in [0.5, 0.6) is 0 Å². The number of carbonyl (C=O) groups excluding carboxylic acids is 2. The monoisotopic (exact) mass is 518 g/mol. The number of esters is 1. The Morgan fingerprint density at radius 2 is 1.52 bits per heavy atom. The van der Waals surface area contributed by atoms with Crippen LogP contribution in [0.3, 0.4) is 0 Å². The highest BCUT2D eigenvalue weighted by atomic mass is 32.2. The van der Waals surface area contributed by atoms with E-state index >= 15 is 0 Å². The van der Waals surface area contributed by atoms with Crippen molar-refractivity contribution in [2.24, 2.45) is 0 Å². The Balaban J connectivity index is 5.96. The van der Waals surface area contributed by atoms with Crippen LogP contribution in [0.15, 0.2) is 12.7 Å². The first kappa shape index (κ1) is 31.1. The van der Waals surface area contributed by atoms with Crippen molar-refractivity contribution in [2.45, 2.75) is 62.7 Å². The quantitative estimate of drug-likeness (QED) is 0.0867. The van der Waals surface area contributed by atoms with Gasteiger partial charge in [-0.2, -0.15) is 30.7 Å². The van der Waals surface area contributed by atoms with Crippen LogP contribution in [0.1, 0.15) is 39.5 Å².